The van der Waals surface area contributed by atoms with Crippen molar-refractivity contribution in [1.29, 1.82) is 0 Å². The SMILES string of the molecule is O=S(=O)([O-])c1cccc2n[nH]nc12.[Ag].[Na+]. The molecule has 6 nitrogen and oxygen atoms in total. The Bertz CT molecular complexity index is 556. The van der Waals surface area contributed by atoms with Crippen LogP contribution < -0.4 is 29.6 Å². The molecule has 0 bridgehead atoms. The number of rotatable bonds is 1. The third-order valence-corrected chi connectivity index (χ3v) is 2.45. The van der Waals surface area contributed by atoms with Crippen molar-refractivity contribution < 1.29 is 64.9 Å². The van der Waals surface area contributed by atoms with Crippen molar-refractivity contribution in [2.45, 2.75) is 4.90 Å². The standard InChI is InChI=1S/C6H5N3O3S.Ag.Na/c10-13(11,12)5-3-1-2-4-6(5)8-9-7-4;;/h1-3H,(H,7,8,9)(H,10,11,12);;/q;;+1/p-1. The third kappa shape index (κ3) is 3.11. The predicted octanol–water partition coefficient (Wildman–Crippen LogP) is -3.14. The fraction of sp³-hybridized carbons (Fsp3) is 0. The van der Waals surface area contributed by atoms with E-state index in [1.54, 1.807) is 6.07 Å². The molecular weight excluding hydrogens is 325 g/mol. The van der Waals surface area contributed by atoms with E-state index in [4.69, 9.17) is 0 Å². The maximum Gasteiger partial charge on any atom is 1.00 e. The fourth-order valence-electron chi connectivity index (χ4n) is 1.04. The van der Waals surface area contributed by atoms with Gasteiger partial charge in [-0.25, -0.2) is 8.42 Å². The number of para-hydroxylation sites is 1. The number of nitrogens with one attached hydrogen (secondary N) is 1. The Hall–Kier alpha value is 0.270. The van der Waals surface area contributed by atoms with Crippen LogP contribution in [0.25, 0.3) is 11.0 Å². The summed E-state index contributed by atoms with van der Waals surface area (Å²) in [4.78, 5) is -0.348. The summed E-state index contributed by atoms with van der Waals surface area (Å²) in [5.41, 5.74) is 0.439. The van der Waals surface area contributed by atoms with Gasteiger partial charge in [0.15, 0.2) is 0 Å². The number of benzene rings is 1. The zero-order valence-electron chi connectivity index (χ0n) is 7.56. The monoisotopic (exact) mass is 328 g/mol. The van der Waals surface area contributed by atoms with Crippen molar-refractivity contribution in [2.75, 3.05) is 0 Å². The van der Waals surface area contributed by atoms with Crippen LogP contribution in [0, 0.1) is 0 Å². The van der Waals surface area contributed by atoms with Crippen molar-refractivity contribution in [3.8, 4) is 0 Å². The van der Waals surface area contributed by atoms with Crippen LogP contribution in [0.15, 0.2) is 23.1 Å². The second-order valence-electron chi connectivity index (χ2n) is 2.40. The Balaban J connectivity index is 0.000000980. The summed E-state index contributed by atoms with van der Waals surface area (Å²) in [6.07, 6.45) is 0. The molecule has 0 spiro atoms. The van der Waals surface area contributed by atoms with E-state index in [2.05, 4.69) is 15.4 Å². The molecule has 1 aromatic heterocycles. The van der Waals surface area contributed by atoms with Crippen molar-refractivity contribution in [2.24, 2.45) is 0 Å². The predicted molar refractivity (Wildman–Crippen MR) is 41.9 cm³/mol. The van der Waals surface area contributed by atoms with Gasteiger partial charge in [0.2, 0.25) is 0 Å². The van der Waals surface area contributed by atoms with Gasteiger partial charge in [0.25, 0.3) is 0 Å². The molecule has 0 aliphatic carbocycles. The van der Waals surface area contributed by atoms with E-state index in [0.717, 1.165) is 0 Å². The number of hydrogen-bond donors (Lipinski definition) is 1. The summed E-state index contributed by atoms with van der Waals surface area (Å²) >= 11 is 0. The Morgan fingerprint density at radius 1 is 1.27 bits per heavy atom. The summed E-state index contributed by atoms with van der Waals surface area (Å²) in [7, 11) is -4.47. The molecule has 0 unspecified atom stereocenters. The quantitative estimate of drug-likeness (QED) is 0.440. The van der Waals surface area contributed by atoms with Gasteiger partial charge in [0.1, 0.15) is 21.2 Å². The molecule has 0 atom stereocenters. The molecule has 79 valence electrons. The molecule has 0 aliphatic rings. The average Bonchev–Trinajstić information content (AvgIpc) is 2.48. The number of aromatic amines is 1. The minimum Gasteiger partial charge on any atom is -0.744 e. The molecule has 15 heavy (non-hydrogen) atoms. The summed E-state index contributed by atoms with van der Waals surface area (Å²) in [6.45, 7) is 0. The molecule has 0 amide bonds. The van der Waals surface area contributed by atoms with Crippen LogP contribution in [0.4, 0.5) is 0 Å². The summed E-state index contributed by atoms with van der Waals surface area (Å²) in [6, 6.07) is 4.20. The fourth-order valence-corrected chi connectivity index (χ4v) is 1.68. The average molecular weight is 329 g/mol. The minimum absolute atomic E-state index is 0. The van der Waals surface area contributed by atoms with Crippen molar-refractivity contribution in [3.05, 3.63) is 18.2 Å². The van der Waals surface area contributed by atoms with Crippen molar-refractivity contribution >= 4 is 21.2 Å². The van der Waals surface area contributed by atoms with Crippen LogP contribution in [0.1, 0.15) is 0 Å². The van der Waals surface area contributed by atoms with Gasteiger partial charge in [-0.15, -0.1) is 0 Å². The van der Waals surface area contributed by atoms with Gasteiger partial charge >= 0.3 is 29.6 Å². The van der Waals surface area contributed by atoms with Crippen LogP contribution in [-0.4, -0.2) is 28.4 Å². The Morgan fingerprint density at radius 3 is 2.53 bits per heavy atom. The second-order valence-corrected chi connectivity index (χ2v) is 3.75. The van der Waals surface area contributed by atoms with Gasteiger partial charge in [0, 0.05) is 22.4 Å². The van der Waals surface area contributed by atoms with Gasteiger partial charge in [-0.05, 0) is 12.1 Å². The first-order chi connectivity index (χ1) is 6.09. The van der Waals surface area contributed by atoms with Crippen LogP contribution in [0.2, 0.25) is 0 Å². The zero-order chi connectivity index (χ0) is 9.47. The summed E-state index contributed by atoms with van der Waals surface area (Å²) in [5, 5.41) is 9.47. The number of nitrogens with zero attached hydrogens (tertiary/aromatic N) is 2. The Kier molecular flexibility index (Phi) is 5.65. The molecule has 2 aromatic rings. The molecule has 0 saturated heterocycles. The van der Waals surface area contributed by atoms with E-state index in [9.17, 15) is 13.0 Å². The molecular formula is C6H4AgN3NaO3S. The molecule has 9 heteroatoms. The number of H-pyrrole nitrogens is 1. The molecule has 1 radical (unpaired) electrons. The van der Waals surface area contributed by atoms with Crippen LogP contribution in [0.5, 0.6) is 0 Å². The third-order valence-electron chi connectivity index (χ3n) is 1.58. The van der Waals surface area contributed by atoms with E-state index in [1.807, 2.05) is 0 Å². The smallest absolute Gasteiger partial charge is 0.744 e. The molecule has 1 heterocycles. The molecule has 0 fully saturated rings. The van der Waals surface area contributed by atoms with Gasteiger partial charge in [-0.1, -0.05) is 6.07 Å². The Labute approximate surface area is 123 Å². The largest absolute Gasteiger partial charge is 1.00 e. The van der Waals surface area contributed by atoms with Crippen molar-refractivity contribution in [1.82, 2.24) is 15.4 Å². The first-order valence-corrected chi connectivity index (χ1v) is 4.75. The van der Waals surface area contributed by atoms with Crippen LogP contribution in [0.3, 0.4) is 0 Å². The molecule has 2 rings (SSSR count). The summed E-state index contributed by atoms with van der Waals surface area (Å²) in [5.74, 6) is 0. The van der Waals surface area contributed by atoms with E-state index in [1.165, 1.54) is 12.1 Å². The molecule has 0 saturated carbocycles. The zero-order valence-corrected chi connectivity index (χ0v) is 11.9. The topological polar surface area (TPSA) is 98.8 Å². The maximum absolute atomic E-state index is 10.7. The van der Waals surface area contributed by atoms with E-state index >= 15 is 0 Å². The normalized spacial score (nSPS) is 10.5. The van der Waals surface area contributed by atoms with Crippen molar-refractivity contribution in [3.63, 3.8) is 0 Å². The first-order valence-electron chi connectivity index (χ1n) is 3.34. The summed E-state index contributed by atoms with van der Waals surface area (Å²) < 4.78 is 32.1. The van der Waals surface area contributed by atoms with Gasteiger partial charge < -0.3 is 4.55 Å². The van der Waals surface area contributed by atoms with E-state index in [-0.39, 0.29) is 62.3 Å². The molecule has 0 aliphatic heterocycles. The van der Waals surface area contributed by atoms with Gasteiger partial charge in [-0.3, -0.25) is 0 Å². The molecule has 1 N–H and O–H groups in total. The number of aromatic nitrogens is 3. The Morgan fingerprint density at radius 2 is 1.93 bits per heavy atom. The van der Waals surface area contributed by atoms with Gasteiger partial charge in [0.05, 0.1) is 4.90 Å². The minimum atomic E-state index is -4.47. The van der Waals surface area contributed by atoms with E-state index < -0.39 is 10.1 Å². The van der Waals surface area contributed by atoms with E-state index in [0.29, 0.717) is 5.52 Å². The first kappa shape index (κ1) is 15.3. The second kappa shape index (κ2) is 5.55. The van der Waals surface area contributed by atoms with Gasteiger partial charge in [-0.2, -0.15) is 15.4 Å². The molecule has 1 aromatic carbocycles. The van der Waals surface area contributed by atoms with Crippen LogP contribution in [-0.2, 0) is 32.5 Å². The number of fused-ring (bicyclic) bond motifs is 1. The maximum atomic E-state index is 10.7. The van der Waals surface area contributed by atoms with Crippen LogP contribution >= 0.6 is 0 Å². The number of hydrogen-bond acceptors (Lipinski definition) is 5.